The minimum atomic E-state index is -0.513. The summed E-state index contributed by atoms with van der Waals surface area (Å²) in [6.45, 7) is 4.15. The fourth-order valence-corrected chi connectivity index (χ4v) is 0.651. The van der Waals surface area contributed by atoms with Crippen LogP contribution >= 0.6 is 0 Å². The molecule has 0 aliphatic rings. The first-order valence-electron chi connectivity index (χ1n) is 4.03. The van der Waals surface area contributed by atoms with Crippen LogP contribution in [0.25, 0.3) is 0 Å². The van der Waals surface area contributed by atoms with Gasteiger partial charge in [0.15, 0.2) is 0 Å². The van der Waals surface area contributed by atoms with Crippen molar-refractivity contribution < 1.29 is 9.53 Å². The van der Waals surface area contributed by atoms with Crippen molar-refractivity contribution in [2.24, 2.45) is 0 Å². The minimum absolute atomic E-state index is 0.103. The highest BCUT2D eigenvalue weighted by atomic mass is 16.5. The molecule has 0 N–H and O–H groups in total. The van der Waals surface area contributed by atoms with Crippen LogP contribution in [0.4, 0.5) is 0 Å². The third-order valence-electron chi connectivity index (χ3n) is 1.19. The van der Waals surface area contributed by atoms with E-state index in [0.29, 0.717) is 13.0 Å². The van der Waals surface area contributed by atoms with Gasteiger partial charge in [-0.1, -0.05) is 19.9 Å². The lowest BCUT2D eigenvalue weighted by molar-refractivity contribution is -0.138. The van der Waals surface area contributed by atoms with Crippen LogP contribution < -0.4 is 0 Å². The normalized spacial score (nSPS) is 10.6. The van der Waals surface area contributed by atoms with Gasteiger partial charge in [0.2, 0.25) is 0 Å². The Morgan fingerprint density at radius 1 is 1.58 bits per heavy atom. The summed E-state index contributed by atoms with van der Waals surface area (Å²) in [5, 5.41) is 8.51. The van der Waals surface area contributed by atoms with E-state index in [2.05, 4.69) is 0 Å². The van der Waals surface area contributed by atoms with E-state index in [0.717, 1.165) is 6.42 Å². The van der Waals surface area contributed by atoms with Crippen LogP contribution in [0.2, 0.25) is 0 Å². The van der Waals surface area contributed by atoms with Crippen LogP contribution in [0.3, 0.4) is 0 Å². The zero-order valence-corrected chi connectivity index (χ0v) is 7.46. The summed E-state index contributed by atoms with van der Waals surface area (Å²) in [4.78, 5) is 11.0. The maximum Gasteiger partial charge on any atom is 0.348 e. The third-order valence-corrected chi connectivity index (χ3v) is 1.19. The highest BCUT2D eigenvalue weighted by Gasteiger charge is 2.07. The molecule has 0 saturated carbocycles. The average molecular weight is 167 g/mol. The summed E-state index contributed by atoms with van der Waals surface area (Å²) in [6.07, 6.45) is 3.01. The summed E-state index contributed by atoms with van der Waals surface area (Å²) in [5.74, 6) is -0.513. The van der Waals surface area contributed by atoms with Gasteiger partial charge in [-0.15, -0.1) is 0 Å². The van der Waals surface area contributed by atoms with Crippen LogP contribution in [-0.4, -0.2) is 12.6 Å². The molecule has 3 nitrogen and oxygen atoms in total. The van der Waals surface area contributed by atoms with Crippen LogP contribution in [0.1, 0.15) is 26.7 Å². The molecule has 0 saturated heterocycles. The summed E-state index contributed by atoms with van der Waals surface area (Å²) in [5.41, 5.74) is 0.103. The SMILES string of the molecule is CC/C=C(/C#N)C(=O)OCCC. The van der Waals surface area contributed by atoms with Crippen molar-refractivity contribution in [2.45, 2.75) is 26.7 Å². The smallest absolute Gasteiger partial charge is 0.348 e. The van der Waals surface area contributed by atoms with Gasteiger partial charge in [-0.05, 0) is 12.8 Å². The molecule has 0 aromatic carbocycles. The van der Waals surface area contributed by atoms with E-state index in [1.54, 1.807) is 12.1 Å². The van der Waals surface area contributed by atoms with E-state index in [1.165, 1.54) is 0 Å². The van der Waals surface area contributed by atoms with Crippen LogP contribution in [0.5, 0.6) is 0 Å². The van der Waals surface area contributed by atoms with E-state index >= 15 is 0 Å². The molecule has 0 bridgehead atoms. The average Bonchev–Trinajstić information content (AvgIpc) is 2.10. The number of carbonyl (C=O) groups excluding carboxylic acids is 1. The fraction of sp³-hybridized carbons (Fsp3) is 0.556. The molecule has 0 fully saturated rings. The number of carbonyl (C=O) groups is 1. The van der Waals surface area contributed by atoms with Crippen LogP contribution in [0.15, 0.2) is 11.6 Å². The molecular formula is C9H13NO2. The molecule has 0 aromatic heterocycles. The Balaban J connectivity index is 4.07. The molecule has 0 spiro atoms. The summed E-state index contributed by atoms with van der Waals surface area (Å²) in [6, 6.07) is 1.80. The van der Waals surface area contributed by atoms with E-state index in [9.17, 15) is 4.79 Å². The molecule has 12 heavy (non-hydrogen) atoms. The Bertz CT molecular complexity index is 213. The van der Waals surface area contributed by atoms with Gasteiger partial charge in [-0.25, -0.2) is 4.79 Å². The fourth-order valence-electron chi connectivity index (χ4n) is 0.651. The third kappa shape index (κ3) is 3.77. The highest BCUT2D eigenvalue weighted by Crippen LogP contribution is 1.98. The molecule has 0 unspecified atom stereocenters. The molecule has 0 atom stereocenters. The Hall–Kier alpha value is -1.30. The van der Waals surface area contributed by atoms with Gasteiger partial charge in [-0.2, -0.15) is 5.26 Å². The first-order valence-corrected chi connectivity index (χ1v) is 4.03. The largest absolute Gasteiger partial charge is 0.462 e. The lowest BCUT2D eigenvalue weighted by atomic mass is 10.2. The van der Waals surface area contributed by atoms with Crippen LogP contribution in [0, 0.1) is 11.3 Å². The number of nitriles is 1. The maximum absolute atomic E-state index is 11.0. The van der Waals surface area contributed by atoms with Gasteiger partial charge in [0.1, 0.15) is 11.6 Å². The Morgan fingerprint density at radius 2 is 2.25 bits per heavy atom. The first kappa shape index (κ1) is 10.7. The molecule has 3 heteroatoms. The van der Waals surface area contributed by atoms with Gasteiger partial charge in [-0.3, -0.25) is 0 Å². The number of ether oxygens (including phenoxy) is 1. The van der Waals surface area contributed by atoms with Crippen molar-refractivity contribution in [3.8, 4) is 6.07 Å². The molecule has 0 radical (unpaired) electrons. The zero-order chi connectivity index (χ0) is 9.40. The Labute approximate surface area is 72.6 Å². The lowest BCUT2D eigenvalue weighted by Gasteiger charge is -1.99. The van der Waals surface area contributed by atoms with Gasteiger partial charge in [0.25, 0.3) is 0 Å². The van der Waals surface area contributed by atoms with Crippen molar-refractivity contribution >= 4 is 5.97 Å². The Kier molecular flexibility index (Phi) is 5.72. The number of nitrogens with zero attached hydrogens (tertiary/aromatic N) is 1. The van der Waals surface area contributed by atoms with Gasteiger partial charge in [0, 0.05) is 0 Å². The van der Waals surface area contributed by atoms with E-state index in [4.69, 9.17) is 10.00 Å². The zero-order valence-electron chi connectivity index (χ0n) is 7.46. The molecule has 0 aromatic rings. The molecule has 0 amide bonds. The Morgan fingerprint density at radius 3 is 2.67 bits per heavy atom. The van der Waals surface area contributed by atoms with Crippen LogP contribution in [-0.2, 0) is 9.53 Å². The second-order valence-corrected chi connectivity index (χ2v) is 2.27. The van der Waals surface area contributed by atoms with Gasteiger partial charge in [0.05, 0.1) is 6.61 Å². The van der Waals surface area contributed by atoms with Gasteiger partial charge < -0.3 is 4.74 Å². The maximum atomic E-state index is 11.0. The van der Waals surface area contributed by atoms with Crippen molar-refractivity contribution in [1.82, 2.24) is 0 Å². The second kappa shape index (κ2) is 6.41. The van der Waals surface area contributed by atoms with E-state index < -0.39 is 5.97 Å². The predicted molar refractivity (Wildman–Crippen MR) is 45.2 cm³/mol. The summed E-state index contributed by atoms with van der Waals surface area (Å²) < 4.78 is 4.77. The minimum Gasteiger partial charge on any atom is -0.462 e. The number of allylic oxidation sites excluding steroid dienone is 1. The number of hydrogen-bond donors (Lipinski definition) is 0. The topological polar surface area (TPSA) is 50.1 Å². The molecule has 0 aliphatic heterocycles. The quantitative estimate of drug-likeness (QED) is 0.364. The number of hydrogen-bond acceptors (Lipinski definition) is 3. The van der Waals surface area contributed by atoms with E-state index in [1.807, 2.05) is 13.8 Å². The molecular weight excluding hydrogens is 154 g/mol. The molecule has 66 valence electrons. The predicted octanol–water partition coefficient (Wildman–Crippen LogP) is 1.80. The molecule has 0 heterocycles. The first-order chi connectivity index (χ1) is 5.76. The number of rotatable bonds is 4. The van der Waals surface area contributed by atoms with Gasteiger partial charge >= 0.3 is 5.97 Å². The molecule has 0 aliphatic carbocycles. The monoisotopic (exact) mass is 167 g/mol. The lowest BCUT2D eigenvalue weighted by Crippen LogP contribution is -2.07. The van der Waals surface area contributed by atoms with Crippen molar-refractivity contribution in [3.05, 3.63) is 11.6 Å². The van der Waals surface area contributed by atoms with Crippen molar-refractivity contribution in [1.29, 1.82) is 5.26 Å². The highest BCUT2D eigenvalue weighted by molar-refractivity contribution is 5.92. The van der Waals surface area contributed by atoms with E-state index in [-0.39, 0.29) is 5.57 Å². The summed E-state index contributed by atoms with van der Waals surface area (Å²) >= 11 is 0. The number of esters is 1. The van der Waals surface area contributed by atoms with Crippen molar-refractivity contribution in [2.75, 3.05) is 6.61 Å². The summed E-state index contributed by atoms with van der Waals surface area (Å²) in [7, 11) is 0. The second-order valence-electron chi connectivity index (χ2n) is 2.27. The standard InChI is InChI=1S/C9H13NO2/c1-3-5-8(7-10)9(11)12-6-4-2/h5H,3-4,6H2,1-2H3/b8-5-. The molecule has 0 rings (SSSR count). The van der Waals surface area contributed by atoms with Crippen molar-refractivity contribution in [3.63, 3.8) is 0 Å².